The molecule has 0 aliphatic rings. The number of carboxylic acid groups (broad SMARTS) is 1. The molecular weight excluding hydrogens is 391 g/mol. The first-order chi connectivity index (χ1) is 13.8. The van der Waals surface area contributed by atoms with E-state index in [0.29, 0.717) is 35.9 Å². The van der Waals surface area contributed by atoms with Crippen LogP contribution < -0.4 is 10.4 Å². The van der Waals surface area contributed by atoms with E-state index in [1.54, 1.807) is 13.0 Å². The molecular formula is C23H23ClFN2O2-. The average molecular weight is 414 g/mol. The van der Waals surface area contributed by atoms with Crippen molar-refractivity contribution in [2.24, 2.45) is 0 Å². The topological polar surface area (TPSA) is 57.1 Å². The Kier molecular flexibility index (Phi) is 6.40. The first-order valence-electron chi connectivity index (χ1n) is 9.38. The second-order valence-corrected chi connectivity index (χ2v) is 7.57. The van der Waals surface area contributed by atoms with Crippen LogP contribution in [0.15, 0.2) is 42.5 Å². The Hall–Kier alpha value is -2.63. The number of halogens is 2. The molecule has 0 spiro atoms. The van der Waals surface area contributed by atoms with Gasteiger partial charge in [-0.25, -0.2) is 4.39 Å². The smallest absolute Gasteiger partial charge is 0.124 e. The maximum absolute atomic E-state index is 13.3. The number of nitrogens with zero attached hydrogens (tertiary/aromatic N) is 1. The van der Waals surface area contributed by atoms with E-state index in [2.05, 4.69) is 5.32 Å². The van der Waals surface area contributed by atoms with Crippen molar-refractivity contribution in [2.75, 3.05) is 0 Å². The molecule has 1 heterocycles. The minimum Gasteiger partial charge on any atom is -0.545 e. The Labute approximate surface area is 174 Å². The summed E-state index contributed by atoms with van der Waals surface area (Å²) in [6.07, 6.45) is 0. The van der Waals surface area contributed by atoms with E-state index in [4.69, 9.17) is 11.6 Å². The Bertz CT molecular complexity index is 1060. The minimum absolute atomic E-state index is 0.193. The van der Waals surface area contributed by atoms with Gasteiger partial charge in [0.05, 0.1) is 5.97 Å². The second-order valence-electron chi connectivity index (χ2n) is 7.16. The van der Waals surface area contributed by atoms with E-state index < -0.39 is 11.8 Å². The summed E-state index contributed by atoms with van der Waals surface area (Å²) in [7, 11) is 0. The highest BCUT2D eigenvalue weighted by Crippen LogP contribution is 2.26. The molecule has 0 fully saturated rings. The van der Waals surface area contributed by atoms with Crippen LogP contribution in [0.1, 0.15) is 44.0 Å². The molecule has 1 aromatic heterocycles. The molecule has 2 aromatic carbocycles. The lowest BCUT2D eigenvalue weighted by Gasteiger charge is -2.12. The van der Waals surface area contributed by atoms with Crippen LogP contribution in [0.25, 0.3) is 0 Å². The number of carbonyl (C=O) groups excluding carboxylic acids is 1. The molecule has 0 saturated carbocycles. The van der Waals surface area contributed by atoms with E-state index in [-0.39, 0.29) is 5.56 Å². The predicted molar refractivity (Wildman–Crippen MR) is 110 cm³/mol. The molecule has 0 aliphatic carbocycles. The minimum atomic E-state index is -1.21. The van der Waals surface area contributed by atoms with Gasteiger partial charge in [-0.15, -0.1) is 0 Å². The fraction of sp³-hybridized carbons (Fsp3) is 0.261. The molecule has 3 aromatic rings. The first kappa shape index (κ1) is 21.1. The monoisotopic (exact) mass is 413 g/mol. The van der Waals surface area contributed by atoms with Crippen molar-refractivity contribution < 1.29 is 14.3 Å². The van der Waals surface area contributed by atoms with E-state index in [1.807, 2.05) is 42.7 Å². The van der Waals surface area contributed by atoms with Gasteiger partial charge < -0.3 is 19.8 Å². The highest BCUT2D eigenvalue weighted by atomic mass is 35.5. The van der Waals surface area contributed by atoms with Crippen LogP contribution in [0.3, 0.4) is 0 Å². The van der Waals surface area contributed by atoms with E-state index in [0.717, 1.165) is 16.8 Å². The Morgan fingerprint density at radius 2 is 1.79 bits per heavy atom. The molecule has 1 N–H and O–H groups in total. The third kappa shape index (κ3) is 4.52. The molecule has 3 rings (SSSR count). The largest absolute Gasteiger partial charge is 0.545 e. The van der Waals surface area contributed by atoms with Crippen molar-refractivity contribution in [3.63, 3.8) is 0 Å². The number of aromatic nitrogens is 1. The van der Waals surface area contributed by atoms with Crippen LogP contribution >= 0.6 is 11.6 Å². The molecule has 0 bridgehead atoms. The van der Waals surface area contributed by atoms with Gasteiger partial charge in [0.25, 0.3) is 0 Å². The van der Waals surface area contributed by atoms with Gasteiger partial charge >= 0.3 is 0 Å². The molecule has 0 aliphatic heterocycles. The summed E-state index contributed by atoms with van der Waals surface area (Å²) in [4.78, 5) is 11.8. The number of carbonyl (C=O) groups is 1. The molecule has 152 valence electrons. The SMILES string of the molecule is Cc1ccccc1CNCc1c(C(=O)[O-])c(C)n(Cc2ccc(F)cc2Cl)c1C. The van der Waals surface area contributed by atoms with E-state index >= 15 is 0 Å². The number of nitrogens with one attached hydrogen (secondary N) is 1. The molecule has 0 unspecified atom stereocenters. The Morgan fingerprint density at radius 1 is 1.07 bits per heavy atom. The first-order valence-corrected chi connectivity index (χ1v) is 9.76. The standard InChI is InChI=1S/C23H24ClFN2O2/c1-14-6-4-5-7-17(14)11-26-12-20-15(2)27(16(3)22(20)23(28)29)13-18-8-9-19(25)10-21(18)24/h4-10,26H,11-13H2,1-3H3,(H,28,29)/p-1. The summed E-state index contributed by atoms with van der Waals surface area (Å²) in [6.45, 7) is 7.06. The van der Waals surface area contributed by atoms with E-state index in [9.17, 15) is 14.3 Å². The number of hydrogen-bond donors (Lipinski definition) is 1. The zero-order chi connectivity index (χ0) is 21.1. The number of aryl methyl sites for hydroxylation is 1. The van der Waals surface area contributed by atoms with Crippen LogP contribution in [-0.2, 0) is 19.6 Å². The van der Waals surface area contributed by atoms with Crippen LogP contribution in [0.4, 0.5) is 4.39 Å². The van der Waals surface area contributed by atoms with E-state index in [1.165, 1.54) is 17.7 Å². The van der Waals surface area contributed by atoms with Gasteiger partial charge in [0.1, 0.15) is 5.82 Å². The lowest BCUT2D eigenvalue weighted by atomic mass is 10.1. The molecule has 0 saturated heterocycles. The van der Waals surface area contributed by atoms with Crippen molar-refractivity contribution in [1.29, 1.82) is 0 Å². The summed E-state index contributed by atoms with van der Waals surface area (Å²) in [5.74, 6) is -1.61. The lowest BCUT2D eigenvalue weighted by molar-refractivity contribution is -0.255. The highest BCUT2D eigenvalue weighted by Gasteiger charge is 2.19. The molecule has 6 heteroatoms. The maximum atomic E-state index is 13.3. The molecule has 0 atom stereocenters. The summed E-state index contributed by atoms with van der Waals surface area (Å²) in [5.41, 5.74) is 5.35. The van der Waals surface area contributed by atoms with Crippen LogP contribution in [0.5, 0.6) is 0 Å². The van der Waals surface area contributed by atoms with Crippen molar-refractivity contribution in [3.05, 3.63) is 92.5 Å². The van der Waals surface area contributed by atoms with Crippen molar-refractivity contribution in [1.82, 2.24) is 9.88 Å². The zero-order valence-corrected chi connectivity index (χ0v) is 17.4. The summed E-state index contributed by atoms with van der Waals surface area (Å²) in [5, 5.41) is 15.5. The van der Waals surface area contributed by atoms with Crippen molar-refractivity contribution in [2.45, 2.75) is 40.4 Å². The second kappa shape index (κ2) is 8.80. The molecule has 4 nitrogen and oxygen atoms in total. The third-order valence-corrected chi connectivity index (χ3v) is 5.69. The quantitative estimate of drug-likeness (QED) is 0.639. The number of benzene rings is 2. The fourth-order valence-electron chi connectivity index (χ4n) is 3.62. The van der Waals surface area contributed by atoms with Gasteiger partial charge in [0, 0.05) is 41.6 Å². The van der Waals surface area contributed by atoms with Crippen molar-refractivity contribution >= 4 is 17.6 Å². The summed E-state index contributed by atoms with van der Waals surface area (Å²) in [6, 6.07) is 12.3. The number of carboxylic acids is 1. The number of aromatic carboxylic acids is 1. The Morgan fingerprint density at radius 3 is 2.45 bits per heavy atom. The average Bonchev–Trinajstić information content (AvgIpc) is 2.89. The van der Waals surface area contributed by atoms with Crippen molar-refractivity contribution in [3.8, 4) is 0 Å². The Balaban J connectivity index is 1.88. The zero-order valence-electron chi connectivity index (χ0n) is 16.7. The van der Waals surface area contributed by atoms with Gasteiger partial charge in [0.2, 0.25) is 0 Å². The van der Waals surface area contributed by atoms with Gasteiger partial charge in [-0.05, 0) is 55.2 Å². The van der Waals surface area contributed by atoms with Gasteiger partial charge in [-0.3, -0.25) is 0 Å². The fourth-order valence-corrected chi connectivity index (χ4v) is 3.85. The molecule has 29 heavy (non-hydrogen) atoms. The summed E-state index contributed by atoms with van der Waals surface area (Å²) < 4.78 is 15.2. The normalized spacial score (nSPS) is 11.1. The van der Waals surface area contributed by atoms with Gasteiger partial charge in [0.15, 0.2) is 0 Å². The van der Waals surface area contributed by atoms with Crippen LogP contribution in [0, 0.1) is 26.6 Å². The molecule has 0 amide bonds. The highest BCUT2D eigenvalue weighted by molar-refractivity contribution is 6.31. The lowest BCUT2D eigenvalue weighted by Crippen LogP contribution is -2.25. The van der Waals surface area contributed by atoms with Crippen LogP contribution in [0.2, 0.25) is 5.02 Å². The predicted octanol–water partition coefficient (Wildman–Crippen LogP) is 3.91. The summed E-state index contributed by atoms with van der Waals surface area (Å²) >= 11 is 6.17. The van der Waals surface area contributed by atoms with Gasteiger partial charge in [-0.1, -0.05) is 41.9 Å². The number of rotatable bonds is 7. The third-order valence-electron chi connectivity index (χ3n) is 5.34. The maximum Gasteiger partial charge on any atom is 0.124 e. The number of hydrogen-bond acceptors (Lipinski definition) is 3. The van der Waals surface area contributed by atoms with Gasteiger partial charge in [-0.2, -0.15) is 0 Å². The molecule has 0 radical (unpaired) electrons. The van der Waals surface area contributed by atoms with Crippen LogP contribution in [-0.4, -0.2) is 10.5 Å².